The quantitative estimate of drug-likeness (QED) is 0.440. The van der Waals surface area contributed by atoms with Crippen LogP contribution in [0.15, 0.2) is 54.7 Å². The van der Waals surface area contributed by atoms with E-state index in [1.54, 1.807) is 0 Å². The molecule has 6 nitrogen and oxygen atoms in total. The maximum absolute atomic E-state index is 13.8. The second-order valence-electron chi connectivity index (χ2n) is 6.43. The Balaban J connectivity index is 1.43. The van der Waals surface area contributed by atoms with Crippen molar-refractivity contribution in [2.24, 2.45) is 0 Å². The molecule has 0 radical (unpaired) electrons. The highest BCUT2D eigenvalue weighted by molar-refractivity contribution is 7.14. The molecule has 2 aromatic heterocycles. The van der Waals surface area contributed by atoms with Crippen molar-refractivity contribution in [3.05, 3.63) is 94.0 Å². The van der Waals surface area contributed by atoms with Crippen molar-refractivity contribution in [2.75, 3.05) is 0 Å². The first-order valence-corrected chi connectivity index (χ1v) is 9.77. The molecule has 4 rings (SSSR count). The first-order valence-electron chi connectivity index (χ1n) is 8.96. The van der Waals surface area contributed by atoms with Crippen LogP contribution in [-0.4, -0.2) is 26.9 Å². The summed E-state index contributed by atoms with van der Waals surface area (Å²) < 4.78 is 40.7. The fourth-order valence-electron chi connectivity index (χ4n) is 2.83. The summed E-state index contributed by atoms with van der Waals surface area (Å²) in [6.45, 7) is 0.104. The smallest absolute Gasteiger partial charge is 0.268 e. The first-order chi connectivity index (χ1) is 14.9. The van der Waals surface area contributed by atoms with Gasteiger partial charge in [0, 0.05) is 29.5 Å². The molecule has 0 saturated heterocycles. The predicted octanol–water partition coefficient (Wildman–Crippen LogP) is 4.11. The van der Waals surface area contributed by atoms with E-state index >= 15 is 0 Å². The highest BCUT2D eigenvalue weighted by atomic mass is 32.1. The summed E-state index contributed by atoms with van der Waals surface area (Å²) in [5.74, 6) is -5.33. The van der Waals surface area contributed by atoms with Crippen LogP contribution in [0.5, 0.6) is 0 Å². The van der Waals surface area contributed by atoms with Crippen LogP contribution in [0.25, 0.3) is 10.6 Å². The molecule has 0 aliphatic rings. The normalized spacial score (nSPS) is 10.8. The highest BCUT2D eigenvalue weighted by Gasteiger charge is 2.22. The van der Waals surface area contributed by atoms with E-state index in [2.05, 4.69) is 20.5 Å². The standard InChI is InChI=1S/C21H13F3N4O2S/c22-13-7-14(23)18(15(24)8-13)19(29)12-6-16(25-9-12)20(30)26-10-17-27-28-21(31-17)11-4-2-1-3-5-11/h1-9,25H,10H2,(H,26,30). The summed E-state index contributed by atoms with van der Waals surface area (Å²) in [7, 11) is 0. The number of H-pyrrole nitrogens is 1. The summed E-state index contributed by atoms with van der Waals surface area (Å²) in [5.41, 5.74) is -0.115. The van der Waals surface area contributed by atoms with E-state index in [1.165, 1.54) is 11.3 Å². The topological polar surface area (TPSA) is 87.7 Å². The molecule has 31 heavy (non-hydrogen) atoms. The molecular weight excluding hydrogens is 429 g/mol. The number of nitrogens with zero attached hydrogens (tertiary/aromatic N) is 2. The highest BCUT2D eigenvalue weighted by Crippen LogP contribution is 2.23. The molecule has 0 atom stereocenters. The molecule has 2 N–H and O–H groups in total. The van der Waals surface area contributed by atoms with Crippen molar-refractivity contribution in [2.45, 2.75) is 6.54 Å². The number of rotatable bonds is 6. The molecule has 0 aliphatic heterocycles. The zero-order valence-electron chi connectivity index (χ0n) is 15.7. The molecule has 156 valence electrons. The SMILES string of the molecule is O=C(NCc1nnc(-c2ccccc2)s1)c1cc(C(=O)c2c(F)cc(F)cc2F)c[nH]1. The molecule has 4 aromatic rings. The van der Waals surface area contributed by atoms with E-state index in [1.807, 2.05) is 30.3 Å². The lowest BCUT2D eigenvalue weighted by Crippen LogP contribution is -2.23. The number of amides is 1. The van der Waals surface area contributed by atoms with Crippen molar-refractivity contribution in [3.8, 4) is 10.6 Å². The lowest BCUT2D eigenvalue weighted by atomic mass is 10.0. The number of benzene rings is 2. The van der Waals surface area contributed by atoms with E-state index < -0.39 is 34.7 Å². The molecular formula is C21H13F3N4O2S. The van der Waals surface area contributed by atoms with Gasteiger partial charge >= 0.3 is 0 Å². The number of hydrogen-bond donors (Lipinski definition) is 2. The third kappa shape index (κ3) is 4.38. The van der Waals surface area contributed by atoms with Crippen LogP contribution in [0, 0.1) is 17.5 Å². The fraction of sp³-hybridized carbons (Fsp3) is 0.0476. The largest absolute Gasteiger partial charge is 0.356 e. The number of aromatic nitrogens is 3. The maximum atomic E-state index is 13.8. The van der Waals surface area contributed by atoms with Crippen molar-refractivity contribution in [3.63, 3.8) is 0 Å². The van der Waals surface area contributed by atoms with Gasteiger partial charge in [-0.2, -0.15) is 0 Å². The van der Waals surface area contributed by atoms with Crippen molar-refractivity contribution in [1.82, 2.24) is 20.5 Å². The minimum absolute atomic E-state index is 0.0130. The Morgan fingerprint density at radius 2 is 1.71 bits per heavy atom. The molecule has 2 aromatic carbocycles. The van der Waals surface area contributed by atoms with Gasteiger partial charge in [-0.1, -0.05) is 41.7 Å². The summed E-state index contributed by atoms with van der Waals surface area (Å²) >= 11 is 1.32. The summed E-state index contributed by atoms with van der Waals surface area (Å²) in [4.78, 5) is 27.3. The van der Waals surface area contributed by atoms with Gasteiger partial charge in [-0.05, 0) is 6.07 Å². The van der Waals surface area contributed by atoms with E-state index in [-0.39, 0.29) is 17.8 Å². The Morgan fingerprint density at radius 1 is 1.00 bits per heavy atom. The van der Waals surface area contributed by atoms with E-state index in [4.69, 9.17) is 0 Å². The van der Waals surface area contributed by atoms with Crippen molar-refractivity contribution < 1.29 is 22.8 Å². The molecule has 0 saturated carbocycles. The third-order valence-corrected chi connectivity index (χ3v) is 5.28. The number of nitrogens with one attached hydrogen (secondary N) is 2. The average Bonchev–Trinajstić information content (AvgIpc) is 3.42. The lowest BCUT2D eigenvalue weighted by Gasteiger charge is -2.03. The zero-order chi connectivity index (χ0) is 22.0. The van der Waals surface area contributed by atoms with Gasteiger partial charge in [0.1, 0.15) is 33.2 Å². The van der Waals surface area contributed by atoms with Crippen LogP contribution in [0.3, 0.4) is 0 Å². The van der Waals surface area contributed by atoms with E-state index in [0.717, 1.165) is 17.8 Å². The van der Waals surface area contributed by atoms with Crippen LogP contribution < -0.4 is 5.32 Å². The Labute approximate surface area is 177 Å². The third-order valence-electron chi connectivity index (χ3n) is 4.31. The van der Waals surface area contributed by atoms with Crippen LogP contribution in [-0.2, 0) is 6.54 Å². The van der Waals surface area contributed by atoms with Gasteiger partial charge < -0.3 is 10.3 Å². The van der Waals surface area contributed by atoms with Gasteiger partial charge in [-0.3, -0.25) is 9.59 Å². The summed E-state index contributed by atoms with van der Waals surface area (Å²) in [6, 6.07) is 11.4. The number of ketones is 1. The Bertz CT molecular complexity index is 1250. The average molecular weight is 442 g/mol. The lowest BCUT2D eigenvalue weighted by molar-refractivity contribution is 0.0946. The van der Waals surface area contributed by atoms with E-state index in [0.29, 0.717) is 22.1 Å². The number of hydrogen-bond acceptors (Lipinski definition) is 5. The molecule has 0 unspecified atom stereocenters. The number of halogens is 3. The first kappa shape index (κ1) is 20.5. The van der Waals surface area contributed by atoms with Crippen LogP contribution in [0.1, 0.15) is 31.4 Å². The Morgan fingerprint density at radius 3 is 2.42 bits per heavy atom. The maximum Gasteiger partial charge on any atom is 0.268 e. The predicted molar refractivity (Wildman–Crippen MR) is 107 cm³/mol. The van der Waals surface area contributed by atoms with Gasteiger partial charge in [0.2, 0.25) is 0 Å². The molecule has 0 aliphatic carbocycles. The molecule has 0 bridgehead atoms. The zero-order valence-corrected chi connectivity index (χ0v) is 16.5. The fourth-order valence-corrected chi connectivity index (χ4v) is 3.62. The van der Waals surface area contributed by atoms with Crippen molar-refractivity contribution >= 4 is 23.0 Å². The number of aromatic amines is 1. The Kier molecular flexibility index (Phi) is 5.63. The minimum atomic E-state index is -1.32. The molecule has 2 heterocycles. The molecule has 0 fully saturated rings. The Hall–Kier alpha value is -3.79. The molecule has 0 spiro atoms. The van der Waals surface area contributed by atoms with Gasteiger partial charge in [-0.15, -0.1) is 10.2 Å². The van der Waals surface area contributed by atoms with Crippen LogP contribution in [0.2, 0.25) is 0 Å². The number of carbonyl (C=O) groups is 2. The second kappa shape index (κ2) is 8.52. The molecule has 1 amide bonds. The van der Waals surface area contributed by atoms with E-state index in [9.17, 15) is 22.8 Å². The minimum Gasteiger partial charge on any atom is -0.356 e. The molecule has 10 heteroatoms. The van der Waals surface area contributed by atoms with Crippen molar-refractivity contribution in [1.29, 1.82) is 0 Å². The summed E-state index contributed by atoms with van der Waals surface area (Å²) in [6.07, 6.45) is 1.15. The van der Waals surface area contributed by atoms with Crippen LogP contribution in [0.4, 0.5) is 13.2 Å². The summed E-state index contributed by atoms with van der Waals surface area (Å²) in [5, 5.41) is 12.0. The second-order valence-corrected chi connectivity index (χ2v) is 7.49. The van der Waals surface area contributed by atoms with Gasteiger partial charge in [-0.25, -0.2) is 13.2 Å². The van der Waals surface area contributed by atoms with Crippen LogP contribution >= 0.6 is 11.3 Å². The van der Waals surface area contributed by atoms with Gasteiger partial charge in [0.15, 0.2) is 5.78 Å². The monoisotopic (exact) mass is 442 g/mol. The van der Waals surface area contributed by atoms with Gasteiger partial charge in [0.05, 0.1) is 12.1 Å². The van der Waals surface area contributed by atoms with Gasteiger partial charge in [0.25, 0.3) is 5.91 Å². The number of carbonyl (C=O) groups excluding carboxylic acids is 2.